The molecule has 6 heteroatoms. The Morgan fingerprint density at radius 2 is 1.78 bits per heavy atom. The van der Waals surface area contributed by atoms with Gasteiger partial charge in [0, 0.05) is 19.1 Å². The number of hydrogen-bond donors (Lipinski definition) is 1. The topological polar surface area (TPSA) is 72.6 Å². The first-order chi connectivity index (χ1) is 10.5. The number of ether oxygens (including phenoxy) is 1. The number of methoxy groups -OCH3 is 1. The van der Waals surface area contributed by atoms with E-state index >= 15 is 0 Å². The van der Waals surface area contributed by atoms with Gasteiger partial charge in [-0.05, 0) is 18.4 Å². The molecule has 1 saturated heterocycles. The van der Waals surface area contributed by atoms with Gasteiger partial charge in [0.05, 0.1) is 18.9 Å². The zero-order valence-corrected chi connectivity index (χ0v) is 14.4. The smallest absolute Gasteiger partial charge is 0.308 e. The van der Waals surface area contributed by atoms with E-state index in [0.29, 0.717) is 25.9 Å². The highest BCUT2D eigenvalue weighted by molar-refractivity contribution is 5.85. The Labute approximate surface area is 143 Å². The first kappa shape index (κ1) is 19.5. The summed E-state index contributed by atoms with van der Waals surface area (Å²) in [4.78, 5) is 25.9. The number of carbonyl (C=O) groups excluding carboxylic acids is 2. The largest absolute Gasteiger partial charge is 0.469 e. The molecule has 2 N–H and O–H groups in total. The first-order valence-corrected chi connectivity index (χ1v) is 7.71. The number of likely N-dealkylation sites (tertiary alicyclic amines) is 1. The lowest BCUT2D eigenvalue weighted by Gasteiger charge is -2.33. The highest BCUT2D eigenvalue weighted by Crippen LogP contribution is 2.24. The van der Waals surface area contributed by atoms with Crippen LogP contribution in [0.25, 0.3) is 0 Å². The average molecular weight is 341 g/mol. The molecule has 0 aliphatic carbocycles. The zero-order chi connectivity index (χ0) is 16.1. The molecule has 1 amide bonds. The third kappa shape index (κ3) is 4.69. The molecule has 1 aromatic carbocycles. The van der Waals surface area contributed by atoms with E-state index < -0.39 is 0 Å². The quantitative estimate of drug-likeness (QED) is 0.852. The Balaban J connectivity index is 0.00000264. The summed E-state index contributed by atoms with van der Waals surface area (Å²) in [7, 11) is 1.40. The first-order valence-electron chi connectivity index (χ1n) is 7.71. The fourth-order valence-corrected chi connectivity index (χ4v) is 2.91. The minimum absolute atomic E-state index is 0. The van der Waals surface area contributed by atoms with Gasteiger partial charge in [0.15, 0.2) is 0 Å². The van der Waals surface area contributed by atoms with Crippen LogP contribution in [0.5, 0.6) is 0 Å². The molecule has 1 aliphatic rings. The summed E-state index contributed by atoms with van der Waals surface area (Å²) in [5, 5.41) is 0. The van der Waals surface area contributed by atoms with Gasteiger partial charge in [-0.15, -0.1) is 12.4 Å². The molecular formula is C17H25ClN2O3. The fourth-order valence-electron chi connectivity index (χ4n) is 2.91. The molecule has 2 rings (SSSR count). The van der Waals surface area contributed by atoms with Crippen molar-refractivity contribution in [3.05, 3.63) is 35.9 Å². The SMILES string of the molecule is COC(=O)C1CCN(C(=O)C(C)C(N)c2ccccc2)CC1.Cl. The van der Waals surface area contributed by atoms with Gasteiger partial charge >= 0.3 is 5.97 Å². The molecule has 0 spiro atoms. The van der Waals surface area contributed by atoms with E-state index in [-0.39, 0.29) is 42.2 Å². The van der Waals surface area contributed by atoms with Crippen molar-refractivity contribution in [2.45, 2.75) is 25.8 Å². The second kappa shape index (κ2) is 8.89. The van der Waals surface area contributed by atoms with Crippen molar-refractivity contribution in [3.63, 3.8) is 0 Å². The number of halogens is 1. The standard InChI is InChI=1S/C17H24N2O3.ClH/c1-12(15(18)13-6-4-3-5-7-13)16(20)19-10-8-14(9-11-19)17(21)22-2;/h3-7,12,14-15H,8-11,18H2,1-2H3;1H. The van der Waals surface area contributed by atoms with Crippen LogP contribution in [0.2, 0.25) is 0 Å². The van der Waals surface area contributed by atoms with Gasteiger partial charge in [-0.2, -0.15) is 0 Å². The fraction of sp³-hybridized carbons (Fsp3) is 0.529. The van der Waals surface area contributed by atoms with Crippen molar-refractivity contribution in [1.29, 1.82) is 0 Å². The molecule has 1 aliphatic heterocycles. The van der Waals surface area contributed by atoms with Crippen molar-refractivity contribution in [2.75, 3.05) is 20.2 Å². The molecule has 0 bridgehead atoms. The predicted octanol–water partition coefficient (Wildman–Crippen LogP) is 2.16. The van der Waals surface area contributed by atoms with E-state index in [2.05, 4.69) is 0 Å². The number of amides is 1. The predicted molar refractivity (Wildman–Crippen MR) is 91.1 cm³/mol. The molecule has 23 heavy (non-hydrogen) atoms. The summed E-state index contributed by atoms with van der Waals surface area (Å²) in [6.45, 7) is 3.04. The average Bonchev–Trinajstić information content (AvgIpc) is 2.60. The number of rotatable bonds is 4. The van der Waals surface area contributed by atoms with E-state index in [4.69, 9.17) is 10.5 Å². The Morgan fingerprint density at radius 3 is 2.30 bits per heavy atom. The molecule has 2 unspecified atom stereocenters. The monoisotopic (exact) mass is 340 g/mol. The van der Waals surface area contributed by atoms with Crippen LogP contribution in [0, 0.1) is 11.8 Å². The van der Waals surface area contributed by atoms with E-state index in [1.807, 2.05) is 42.2 Å². The number of piperidine rings is 1. The number of hydrogen-bond acceptors (Lipinski definition) is 4. The van der Waals surface area contributed by atoms with Crippen LogP contribution in [-0.4, -0.2) is 37.0 Å². The van der Waals surface area contributed by atoms with E-state index in [0.717, 1.165) is 5.56 Å². The minimum Gasteiger partial charge on any atom is -0.469 e. The maximum atomic E-state index is 12.6. The molecule has 5 nitrogen and oxygen atoms in total. The molecule has 1 aromatic rings. The van der Waals surface area contributed by atoms with Gasteiger partial charge in [-0.3, -0.25) is 9.59 Å². The van der Waals surface area contributed by atoms with E-state index in [1.54, 1.807) is 0 Å². The van der Waals surface area contributed by atoms with Crippen molar-refractivity contribution in [1.82, 2.24) is 4.90 Å². The van der Waals surface area contributed by atoms with Gasteiger partial charge in [0.1, 0.15) is 0 Å². The van der Waals surface area contributed by atoms with Crippen LogP contribution >= 0.6 is 12.4 Å². The second-order valence-electron chi connectivity index (χ2n) is 5.85. The molecule has 0 saturated carbocycles. The van der Waals surface area contributed by atoms with Gasteiger partial charge in [0.25, 0.3) is 0 Å². The number of benzene rings is 1. The third-order valence-corrected chi connectivity index (χ3v) is 4.45. The van der Waals surface area contributed by atoms with Crippen molar-refractivity contribution in [3.8, 4) is 0 Å². The molecule has 0 radical (unpaired) electrons. The molecular weight excluding hydrogens is 316 g/mol. The molecule has 1 heterocycles. The Kier molecular flexibility index (Phi) is 7.52. The van der Waals surface area contributed by atoms with Crippen molar-refractivity contribution in [2.24, 2.45) is 17.6 Å². The molecule has 0 aromatic heterocycles. The van der Waals surface area contributed by atoms with E-state index in [1.165, 1.54) is 7.11 Å². The van der Waals surface area contributed by atoms with Gasteiger partial charge < -0.3 is 15.4 Å². The number of nitrogens with two attached hydrogens (primary N) is 1. The summed E-state index contributed by atoms with van der Waals surface area (Å²) in [5.41, 5.74) is 7.19. The number of carbonyl (C=O) groups is 2. The summed E-state index contributed by atoms with van der Waals surface area (Å²) >= 11 is 0. The normalized spacial score (nSPS) is 17.8. The third-order valence-electron chi connectivity index (χ3n) is 4.45. The van der Waals surface area contributed by atoms with Crippen molar-refractivity contribution < 1.29 is 14.3 Å². The Hall–Kier alpha value is -1.59. The van der Waals surface area contributed by atoms with E-state index in [9.17, 15) is 9.59 Å². The van der Waals surface area contributed by atoms with Crippen LogP contribution in [0.3, 0.4) is 0 Å². The van der Waals surface area contributed by atoms with Crippen LogP contribution in [0.15, 0.2) is 30.3 Å². The van der Waals surface area contributed by atoms with Gasteiger partial charge in [-0.25, -0.2) is 0 Å². The number of esters is 1. The molecule has 128 valence electrons. The Bertz CT molecular complexity index is 516. The van der Waals surface area contributed by atoms with Crippen molar-refractivity contribution >= 4 is 24.3 Å². The second-order valence-corrected chi connectivity index (χ2v) is 5.85. The summed E-state index contributed by atoms with van der Waals surface area (Å²) in [6, 6.07) is 9.35. The summed E-state index contributed by atoms with van der Waals surface area (Å²) in [5.74, 6) is -0.495. The van der Waals surface area contributed by atoms with Crippen LogP contribution < -0.4 is 5.73 Å². The number of nitrogens with zero attached hydrogens (tertiary/aromatic N) is 1. The molecule has 1 fully saturated rings. The van der Waals surface area contributed by atoms with Crippen LogP contribution in [-0.2, 0) is 14.3 Å². The molecule has 2 atom stereocenters. The lowest BCUT2D eigenvalue weighted by atomic mass is 9.92. The lowest BCUT2D eigenvalue weighted by Crippen LogP contribution is -2.44. The highest BCUT2D eigenvalue weighted by atomic mass is 35.5. The summed E-state index contributed by atoms with van der Waals surface area (Å²) in [6.07, 6.45) is 1.32. The minimum atomic E-state index is -0.313. The maximum Gasteiger partial charge on any atom is 0.308 e. The van der Waals surface area contributed by atoms with Gasteiger partial charge in [-0.1, -0.05) is 37.3 Å². The summed E-state index contributed by atoms with van der Waals surface area (Å²) < 4.78 is 4.77. The zero-order valence-electron chi connectivity index (χ0n) is 13.6. The van der Waals surface area contributed by atoms with Crippen LogP contribution in [0.1, 0.15) is 31.4 Å². The lowest BCUT2D eigenvalue weighted by molar-refractivity contribution is -0.149. The van der Waals surface area contributed by atoms with Crippen LogP contribution in [0.4, 0.5) is 0 Å². The highest BCUT2D eigenvalue weighted by Gasteiger charge is 2.31. The maximum absolute atomic E-state index is 12.6. The Morgan fingerprint density at radius 1 is 1.22 bits per heavy atom. The van der Waals surface area contributed by atoms with Gasteiger partial charge in [0.2, 0.25) is 5.91 Å².